The van der Waals surface area contributed by atoms with Crippen molar-refractivity contribution < 1.29 is 26.2 Å². The third-order valence-corrected chi connectivity index (χ3v) is 5.58. The van der Waals surface area contributed by atoms with Crippen molar-refractivity contribution in [1.29, 1.82) is 0 Å². The summed E-state index contributed by atoms with van der Waals surface area (Å²) in [5, 5.41) is 0. The van der Waals surface area contributed by atoms with Crippen LogP contribution in [-0.2, 0) is 23.2 Å². The number of furan rings is 1. The van der Waals surface area contributed by atoms with Crippen LogP contribution in [0.1, 0.15) is 35.5 Å². The van der Waals surface area contributed by atoms with Gasteiger partial charge in [-0.05, 0) is 44.2 Å². The van der Waals surface area contributed by atoms with E-state index in [1.165, 1.54) is 29.4 Å². The molecule has 7 nitrogen and oxygen atoms in total. The maximum absolute atomic E-state index is 14.4. The maximum Gasteiger partial charge on any atom is 0.306 e. The highest BCUT2D eigenvalue weighted by Crippen LogP contribution is 2.29. The zero-order valence-electron chi connectivity index (χ0n) is 18.8. The third-order valence-electron chi connectivity index (χ3n) is 5.10. The van der Waals surface area contributed by atoms with Gasteiger partial charge in [0, 0.05) is 30.4 Å². The number of hydrogen-bond donors (Lipinski definition) is 0. The van der Waals surface area contributed by atoms with Crippen molar-refractivity contribution in [2.45, 2.75) is 26.9 Å². The van der Waals surface area contributed by atoms with Crippen LogP contribution < -0.4 is 9.08 Å². The summed E-state index contributed by atoms with van der Waals surface area (Å²) in [5.74, 6) is -0.572. The number of carbonyl (C=O) groups is 1. The molecule has 176 valence electrons. The summed E-state index contributed by atoms with van der Waals surface area (Å²) in [6, 6.07) is 14.3. The average molecular weight is 475 g/mol. The molecule has 0 atom stereocenters. The van der Waals surface area contributed by atoms with Crippen LogP contribution in [0.25, 0.3) is 0 Å². The molecule has 9 heteroatoms. The quantitative estimate of drug-likeness (QED) is 0.404. The van der Waals surface area contributed by atoms with Gasteiger partial charge in [0.05, 0.1) is 31.2 Å². The van der Waals surface area contributed by atoms with Gasteiger partial charge in [-0.25, -0.2) is 4.39 Å². The van der Waals surface area contributed by atoms with Crippen LogP contribution in [0.3, 0.4) is 0 Å². The highest BCUT2D eigenvalue weighted by Gasteiger charge is 2.23. The molecular formula is C24H27FN2O5S. The molecule has 0 aliphatic carbocycles. The topological polar surface area (TPSA) is 80.1 Å². The zero-order chi connectivity index (χ0) is 24.0. The van der Waals surface area contributed by atoms with Crippen LogP contribution in [-0.4, -0.2) is 38.6 Å². The van der Waals surface area contributed by atoms with Crippen LogP contribution in [0.2, 0.25) is 0 Å². The van der Waals surface area contributed by atoms with E-state index in [-0.39, 0.29) is 24.4 Å². The number of hydrogen-bond acceptors (Lipinski definition) is 6. The lowest BCUT2D eigenvalue weighted by molar-refractivity contribution is 0.0712. The lowest BCUT2D eigenvalue weighted by Crippen LogP contribution is -2.31. The zero-order valence-corrected chi connectivity index (χ0v) is 19.6. The molecular weight excluding hydrogens is 447 g/mol. The van der Waals surface area contributed by atoms with Gasteiger partial charge >= 0.3 is 10.1 Å². The number of anilines is 1. The highest BCUT2D eigenvalue weighted by atomic mass is 32.2. The summed E-state index contributed by atoms with van der Waals surface area (Å²) in [4.78, 5) is 16.7. The van der Waals surface area contributed by atoms with Crippen molar-refractivity contribution in [1.82, 2.24) is 4.90 Å². The second kappa shape index (κ2) is 10.5. The van der Waals surface area contributed by atoms with E-state index < -0.39 is 21.8 Å². The molecule has 33 heavy (non-hydrogen) atoms. The normalized spacial score (nSPS) is 11.3. The summed E-state index contributed by atoms with van der Waals surface area (Å²) in [6.07, 6.45) is 2.45. The van der Waals surface area contributed by atoms with E-state index >= 15 is 0 Å². The fraction of sp³-hybridized carbons (Fsp3) is 0.292. The molecule has 0 N–H and O–H groups in total. The molecule has 2 aromatic carbocycles. The molecule has 0 aliphatic heterocycles. The van der Waals surface area contributed by atoms with Gasteiger partial charge in [0.1, 0.15) is 17.3 Å². The number of rotatable bonds is 10. The monoisotopic (exact) mass is 474 g/mol. The lowest BCUT2D eigenvalue weighted by Gasteiger charge is -2.25. The fourth-order valence-corrected chi connectivity index (χ4v) is 3.98. The first kappa shape index (κ1) is 24.3. The number of amides is 1. The largest absolute Gasteiger partial charge is 0.467 e. The minimum absolute atomic E-state index is 0.0166. The molecule has 3 rings (SSSR count). The van der Waals surface area contributed by atoms with E-state index in [1.807, 2.05) is 24.8 Å². The average Bonchev–Trinajstić information content (AvgIpc) is 3.27. The van der Waals surface area contributed by atoms with Crippen LogP contribution in [0.5, 0.6) is 5.75 Å². The van der Waals surface area contributed by atoms with Crippen molar-refractivity contribution in [2.75, 3.05) is 24.2 Å². The Labute approximate surface area is 193 Å². The van der Waals surface area contributed by atoms with Gasteiger partial charge in [-0.3, -0.25) is 4.79 Å². The molecule has 1 aromatic heterocycles. The third kappa shape index (κ3) is 6.35. The predicted molar refractivity (Wildman–Crippen MR) is 124 cm³/mol. The minimum Gasteiger partial charge on any atom is -0.467 e. The summed E-state index contributed by atoms with van der Waals surface area (Å²) in [6.45, 7) is 5.49. The van der Waals surface area contributed by atoms with Crippen LogP contribution in [0, 0.1) is 5.82 Å². The van der Waals surface area contributed by atoms with Crippen molar-refractivity contribution in [3.63, 3.8) is 0 Å². The first-order valence-corrected chi connectivity index (χ1v) is 12.4. The second-order valence-corrected chi connectivity index (χ2v) is 9.05. The molecule has 1 heterocycles. The summed E-state index contributed by atoms with van der Waals surface area (Å²) in [7, 11) is -3.82. The van der Waals surface area contributed by atoms with Gasteiger partial charge in [0.25, 0.3) is 5.91 Å². The molecule has 1 amide bonds. The Kier molecular flexibility index (Phi) is 7.75. The van der Waals surface area contributed by atoms with Crippen molar-refractivity contribution in [3.8, 4) is 5.75 Å². The van der Waals surface area contributed by atoms with Gasteiger partial charge in [0.2, 0.25) is 0 Å². The summed E-state index contributed by atoms with van der Waals surface area (Å²) in [5.41, 5.74) is 1.17. The molecule has 0 saturated carbocycles. The van der Waals surface area contributed by atoms with E-state index in [2.05, 4.69) is 0 Å². The van der Waals surface area contributed by atoms with Gasteiger partial charge in [0.15, 0.2) is 0 Å². The van der Waals surface area contributed by atoms with Gasteiger partial charge in [-0.2, -0.15) is 8.42 Å². The molecule has 3 aromatic rings. The number of halogens is 1. The van der Waals surface area contributed by atoms with Crippen LogP contribution in [0.15, 0.2) is 65.3 Å². The van der Waals surface area contributed by atoms with Gasteiger partial charge in [-0.1, -0.05) is 18.2 Å². The first-order valence-electron chi connectivity index (χ1n) is 10.5. The molecule has 0 aliphatic rings. The number of carbonyl (C=O) groups excluding carboxylic acids is 1. The Morgan fingerprint density at radius 1 is 1.03 bits per heavy atom. The Bertz CT molecular complexity index is 1190. The van der Waals surface area contributed by atoms with Crippen LogP contribution >= 0.6 is 0 Å². The van der Waals surface area contributed by atoms with Crippen molar-refractivity contribution in [3.05, 3.63) is 83.6 Å². The van der Waals surface area contributed by atoms with E-state index in [9.17, 15) is 17.6 Å². The van der Waals surface area contributed by atoms with Crippen molar-refractivity contribution in [2.24, 2.45) is 0 Å². The SMILES string of the molecule is CCN(CC)c1ccc(CN(Cc2ccco2)C(=O)c2ccccc2F)c(OS(C)(=O)=O)c1. The van der Waals surface area contributed by atoms with Gasteiger partial charge in [-0.15, -0.1) is 0 Å². The fourth-order valence-electron chi connectivity index (χ4n) is 3.50. The maximum atomic E-state index is 14.4. The standard InChI is InChI=1S/C24H27FN2O5S/c1-4-26(5-2)19-13-12-18(23(15-19)32-33(3,29)30)16-27(17-20-9-8-14-31-20)24(28)21-10-6-7-11-22(21)25/h6-15H,4-5,16-17H2,1-3H3. The first-order chi connectivity index (χ1) is 15.7. The Hall–Kier alpha value is -3.33. The van der Waals surface area contributed by atoms with Crippen molar-refractivity contribution >= 4 is 21.7 Å². The lowest BCUT2D eigenvalue weighted by atomic mass is 10.1. The Balaban J connectivity index is 2.01. The molecule has 0 bridgehead atoms. The number of nitrogens with zero attached hydrogens (tertiary/aromatic N) is 2. The summed E-state index contributed by atoms with van der Waals surface area (Å²) < 4.78 is 48.9. The molecule has 0 radical (unpaired) electrons. The predicted octanol–water partition coefficient (Wildman–Crippen LogP) is 4.45. The second-order valence-electron chi connectivity index (χ2n) is 7.47. The van der Waals surface area contributed by atoms with E-state index in [0.717, 1.165) is 25.0 Å². The van der Waals surface area contributed by atoms with E-state index in [4.69, 9.17) is 8.60 Å². The van der Waals surface area contributed by atoms with Gasteiger partial charge < -0.3 is 18.4 Å². The highest BCUT2D eigenvalue weighted by molar-refractivity contribution is 7.86. The van der Waals surface area contributed by atoms with E-state index in [1.54, 1.807) is 30.3 Å². The molecule has 0 spiro atoms. The minimum atomic E-state index is -3.82. The number of benzene rings is 2. The smallest absolute Gasteiger partial charge is 0.306 e. The van der Waals surface area contributed by atoms with E-state index in [0.29, 0.717) is 11.3 Å². The Morgan fingerprint density at radius 3 is 2.36 bits per heavy atom. The van der Waals surface area contributed by atoms with Crippen LogP contribution in [0.4, 0.5) is 10.1 Å². The molecule has 0 fully saturated rings. The Morgan fingerprint density at radius 2 is 1.76 bits per heavy atom. The summed E-state index contributed by atoms with van der Waals surface area (Å²) >= 11 is 0. The molecule has 0 unspecified atom stereocenters. The molecule has 0 saturated heterocycles.